The summed E-state index contributed by atoms with van der Waals surface area (Å²) in [5.41, 5.74) is 4.10. The third kappa shape index (κ3) is 8.13. The van der Waals surface area contributed by atoms with Gasteiger partial charge in [0.25, 0.3) is 0 Å². The van der Waals surface area contributed by atoms with Crippen LogP contribution in [0.4, 0.5) is 11.4 Å². The molecule has 0 aliphatic rings. The predicted molar refractivity (Wildman–Crippen MR) is 156 cm³/mol. The Morgan fingerprint density at radius 2 is 0.949 bits per heavy atom. The van der Waals surface area contributed by atoms with E-state index in [4.69, 9.17) is 9.47 Å². The molecule has 0 unspecified atom stereocenters. The van der Waals surface area contributed by atoms with Crippen molar-refractivity contribution in [1.82, 2.24) is 0 Å². The molecule has 0 radical (unpaired) electrons. The fraction of sp³-hybridized carbons (Fsp3) is 0.226. The standard InChI is InChI=1S/C31H36N6O2/c1-34(28-6-10-30(38-3)11-7-28)32-24-26-14-20-36(21-15-26)18-5-19-37-22-16-27(17-23-37)25-33-35(2)29-8-12-31(39-4)13-9-29/h6-17,20-25H,5,18-19H2,1-4H3/q+2. The number of ether oxygens (including phenoxy) is 2. The predicted octanol–water partition coefficient (Wildman–Crippen LogP) is 4.31. The van der Waals surface area contributed by atoms with Gasteiger partial charge in [-0.3, -0.25) is 10.0 Å². The highest BCUT2D eigenvalue weighted by molar-refractivity contribution is 5.80. The van der Waals surface area contributed by atoms with Gasteiger partial charge in [0.1, 0.15) is 11.5 Å². The van der Waals surface area contributed by atoms with E-state index in [9.17, 15) is 0 Å². The van der Waals surface area contributed by atoms with E-state index in [-0.39, 0.29) is 0 Å². The van der Waals surface area contributed by atoms with Gasteiger partial charge in [0, 0.05) is 49.5 Å². The molecule has 2 aromatic heterocycles. The number of hydrogen-bond acceptors (Lipinski definition) is 6. The van der Waals surface area contributed by atoms with E-state index in [1.54, 1.807) is 14.2 Å². The summed E-state index contributed by atoms with van der Waals surface area (Å²) < 4.78 is 14.8. The van der Waals surface area contributed by atoms with Crippen molar-refractivity contribution in [2.24, 2.45) is 10.2 Å². The van der Waals surface area contributed by atoms with Crippen LogP contribution in [0.15, 0.2) is 108 Å². The van der Waals surface area contributed by atoms with Crippen LogP contribution in [0.5, 0.6) is 11.5 Å². The third-order valence-corrected chi connectivity index (χ3v) is 6.32. The Hall–Kier alpha value is -4.72. The van der Waals surface area contributed by atoms with Crippen LogP contribution >= 0.6 is 0 Å². The van der Waals surface area contributed by atoms with Crippen LogP contribution in [-0.2, 0) is 13.1 Å². The number of benzene rings is 2. The molecule has 0 aliphatic heterocycles. The number of methoxy groups -OCH3 is 2. The van der Waals surface area contributed by atoms with Crippen molar-refractivity contribution in [2.75, 3.05) is 38.3 Å². The molecule has 4 aromatic rings. The highest BCUT2D eigenvalue weighted by Crippen LogP contribution is 2.19. The third-order valence-electron chi connectivity index (χ3n) is 6.32. The second-order valence-electron chi connectivity index (χ2n) is 9.02. The summed E-state index contributed by atoms with van der Waals surface area (Å²) in [6.45, 7) is 1.87. The van der Waals surface area contributed by atoms with Crippen molar-refractivity contribution in [3.05, 3.63) is 109 Å². The second-order valence-corrected chi connectivity index (χ2v) is 9.02. The van der Waals surface area contributed by atoms with Crippen LogP contribution in [0.2, 0.25) is 0 Å². The van der Waals surface area contributed by atoms with Gasteiger partial charge in [0.05, 0.1) is 44.4 Å². The summed E-state index contributed by atoms with van der Waals surface area (Å²) >= 11 is 0. The molecule has 2 aromatic carbocycles. The molecule has 39 heavy (non-hydrogen) atoms. The van der Waals surface area contributed by atoms with E-state index in [2.05, 4.69) is 68.4 Å². The normalized spacial score (nSPS) is 11.2. The van der Waals surface area contributed by atoms with E-state index in [1.807, 2.05) is 85.1 Å². The van der Waals surface area contributed by atoms with Crippen molar-refractivity contribution >= 4 is 23.8 Å². The summed E-state index contributed by atoms with van der Waals surface area (Å²) in [6, 6.07) is 24.0. The molecular weight excluding hydrogens is 488 g/mol. The summed E-state index contributed by atoms with van der Waals surface area (Å²) in [7, 11) is 7.19. The van der Waals surface area contributed by atoms with Crippen LogP contribution < -0.4 is 28.6 Å². The zero-order valence-corrected chi connectivity index (χ0v) is 23.0. The zero-order valence-electron chi connectivity index (χ0n) is 23.0. The molecular formula is C31H36N6O2+2. The molecule has 200 valence electrons. The van der Waals surface area contributed by atoms with Gasteiger partial charge in [-0.05, 0) is 48.5 Å². The van der Waals surface area contributed by atoms with Crippen molar-refractivity contribution in [1.29, 1.82) is 0 Å². The van der Waals surface area contributed by atoms with Crippen molar-refractivity contribution in [2.45, 2.75) is 19.5 Å². The molecule has 0 atom stereocenters. The van der Waals surface area contributed by atoms with Gasteiger partial charge in [-0.25, -0.2) is 9.13 Å². The molecule has 0 amide bonds. The topological polar surface area (TPSA) is 57.4 Å². The number of aryl methyl sites for hydroxylation is 2. The molecule has 0 bridgehead atoms. The first-order chi connectivity index (χ1) is 19.0. The summed E-state index contributed by atoms with van der Waals surface area (Å²) in [5.74, 6) is 1.66. The van der Waals surface area contributed by atoms with Crippen LogP contribution in [-0.4, -0.2) is 40.7 Å². The van der Waals surface area contributed by atoms with Gasteiger partial charge < -0.3 is 9.47 Å². The highest BCUT2D eigenvalue weighted by Gasteiger charge is 2.06. The summed E-state index contributed by atoms with van der Waals surface area (Å²) in [6.07, 6.45) is 13.1. The Bertz CT molecular complexity index is 1250. The number of rotatable bonds is 12. The fourth-order valence-corrected chi connectivity index (χ4v) is 3.88. The van der Waals surface area contributed by atoms with Crippen LogP contribution in [0.25, 0.3) is 0 Å². The summed E-state index contributed by atoms with van der Waals surface area (Å²) in [5, 5.41) is 12.8. The second kappa shape index (κ2) is 13.7. The Kier molecular flexibility index (Phi) is 9.61. The zero-order chi connectivity index (χ0) is 27.5. The number of hydrogen-bond donors (Lipinski definition) is 0. The van der Waals surface area contributed by atoms with E-state index in [1.165, 1.54) is 0 Å². The lowest BCUT2D eigenvalue weighted by atomic mass is 10.3. The van der Waals surface area contributed by atoms with Crippen molar-refractivity contribution in [3.8, 4) is 11.5 Å². The Balaban J connectivity index is 1.22. The quantitative estimate of drug-likeness (QED) is 0.157. The van der Waals surface area contributed by atoms with Gasteiger partial charge in [-0.15, -0.1) is 0 Å². The van der Waals surface area contributed by atoms with Gasteiger partial charge >= 0.3 is 0 Å². The van der Waals surface area contributed by atoms with Crippen LogP contribution in [0.3, 0.4) is 0 Å². The number of hydrazone groups is 2. The van der Waals surface area contributed by atoms with E-state index >= 15 is 0 Å². The Morgan fingerprint density at radius 3 is 1.28 bits per heavy atom. The lowest BCUT2D eigenvalue weighted by molar-refractivity contribution is -0.726. The molecule has 0 N–H and O–H groups in total. The highest BCUT2D eigenvalue weighted by atomic mass is 16.5. The smallest absolute Gasteiger partial charge is 0.169 e. The van der Waals surface area contributed by atoms with Gasteiger partial charge in [-0.1, -0.05) is 0 Å². The van der Waals surface area contributed by atoms with Crippen molar-refractivity contribution < 1.29 is 18.6 Å². The average molecular weight is 525 g/mol. The van der Waals surface area contributed by atoms with E-state index in [0.29, 0.717) is 0 Å². The fourth-order valence-electron chi connectivity index (χ4n) is 3.88. The first-order valence-electron chi connectivity index (χ1n) is 12.9. The largest absolute Gasteiger partial charge is 0.497 e. The van der Waals surface area contributed by atoms with E-state index in [0.717, 1.165) is 53.5 Å². The first-order valence-corrected chi connectivity index (χ1v) is 12.9. The molecule has 0 saturated carbocycles. The van der Waals surface area contributed by atoms with Gasteiger partial charge in [-0.2, -0.15) is 10.2 Å². The first kappa shape index (κ1) is 27.3. The molecule has 0 spiro atoms. The lowest BCUT2D eigenvalue weighted by Crippen LogP contribution is -2.38. The molecule has 0 aliphatic carbocycles. The monoisotopic (exact) mass is 524 g/mol. The SMILES string of the molecule is COc1ccc(N(C)/N=C/c2cc[n+](CCC[n+]3ccc(/C=N/N(C)c4ccc(OC)cc4)cc3)cc2)cc1. The lowest BCUT2D eigenvalue weighted by Gasteiger charge is -2.13. The maximum absolute atomic E-state index is 5.21. The molecule has 8 nitrogen and oxygen atoms in total. The van der Waals surface area contributed by atoms with Crippen molar-refractivity contribution in [3.63, 3.8) is 0 Å². The average Bonchev–Trinajstić information content (AvgIpc) is 3.00. The van der Waals surface area contributed by atoms with Crippen LogP contribution in [0, 0.1) is 0 Å². The molecule has 8 heteroatoms. The van der Waals surface area contributed by atoms with Gasteiger partial charge in [0.15, 0.2) is 37.9 Å². The minimum Gasteiger partial charge on any atom is -0.497 e. The minimum absolute atomic E-state index is 0.832. The van der Waals surface area contributed by atoms with Crippen LogP contribution in [0.1, 0.15) is 17.5 Å². The Labute approximate surface area is 230 Å². The maximum atomic E-state index is 5.21. The van der Waals surface area contributed by atoms with E-state index < -0.39 is 0 Å². The number of pyridine rings is 2. The number of nitrogens with zero attached hydrogens (tertiary/aromatic N) is 6. The molecule has 4 rings (SSSR count). The Morgan fingerprint density at radius 1 is 0.590 bits per heavy atom. The van der Waals surface area contributed by atoms with Gasteiger partial charge in [0.2, 0.25) is 0 Å². The summed E-state index contributed by atoms with van der Waals surface area (Å²) in [4.78, 5) is 0. The molecule has 2 heterocycles. The molecule has 0 saturated heterocycles. The number of anilines is 2. The number of aromatic nitrogens is 2. The minimum atomic E-state index is 0.832. The molecule has 0 fully saturated rings. The maximum Gasteiger partial charge on any atom is 0.169 e.